The average molecular weight is 530 g/mol. The number of fused-ring (bicyclic) bond motifs is 1. The van der Waals surface area contributed by atoms with E-state index in [0.717, 1.165) is 12.8 Å². The molecule has 2 fully saturated rings. The maximum atomic E-state index is 13.6. The topological polar surface area (TPSA) is 117 Å². The Bertz CT molecular complexity index is 1110. The average Bonchev–Trinajstić information content (AvgIpc) is 3.28. The molecule has 0 spiro atoms. The van der Waals surface area contributed by atoms with Gasteiger partial charge in [0.1, 0.15) is 10.9 Å². The summed E-state index contributed by atoms with van der Waals surface area (Å²) in [5, 5.41) is 9.21. The van der Waals surface area contributed by atoms with Crippen LogP contribution in [0.25, 0.3) is 0 Å². The van der Waals surface area contributed by atoms with Crippen molar-refractivity contribution in [3.63, 3.8) is 0 Å². The number of rotatable bonds is 8. The van der Waals surface area contributed by atoms with Crippen molar-refractivity contribution in [2.24, 2.45) is 11.8 Å². The van der Waals surface area contributed by atoms with Crippen molar-refractivity contribution in [3.8, 4) is 0 Å². The molecular formula is C22H29Cl2N5O4S. The Morgan fingerprint density at radius 3 is 2.59 bits per heavy atom. The molecule has 1 amide bonds. The minimum absolute atomic E-state index is 0.0180. The molecule has 1 aliphatic heterocycles. The van der Waals surface area contributed by atoms with E-state index in [1.165, 1.54) is 37.6 Å². The van der Waals surface area contributed by atoms with Crippen molar-refractivity contribution in [2.75, 3.05) is 18.6 Å². The van der Waals surface area contributed by atoms with Gasteiger partial charge in [0.15, 0.2) is 0 Å². The third-order valence-electron chi connectivity index (χ3n) is 6.86. The second-order valence-corrected chi connectivity index (χ2v) is 11.4. The minimum Gasteiger partial charge on any atom is -0.341 e. The fraction of sp³-hybridized carbons (Fsp3) is 0.545. The largest absolute Gasteiger partial charge is 0.341 e. The van der Waals surface area contributed by atoms with Gasteiger partial charge in [-0.05, 0) is 43.2 Å². The summed E-state index contributed by atoms with van der Waals surface area (Å²) >= 11 is 12.3. The first-order valence-electron chi connectivity index (χ1n) is 11.5. The van der Waals surface area contributed by atoms with Crippen molar-refractivity contribution in [1.29, 1.82) is 0 Å². The van der Waals surface area contributed by atoms with Crippen LogP contribution in [-0.2, 0) is 21.4 Å². The zero-order chi connectivity index (χ0) is 24.3. The summed E-state index contributed by atoms with van der Waals surface area (Å²) in [5.41, 5.74) is 2.00. The van der Waals surface area contributed by atoms with Gasteiger partial charge in [-0.3, -0.25) is 10.0 Å². The highest BCUT2D eigenvalue weighted by Gasteiger charge is 2.37. The van der Waals surface area contributed by atoms with Crippen LogP contribution in [0.1, 0.15) is 38.5 Å². The van der Waals surface area contributed by atoms with E-state index in [9.17, 15) is 18.4 Å². The predicted molar refractivity (Wildman–Crippen MR) is 129 cm³/mol. The molecule has 9 nitrogen and oxygen atoms in total. The zero-order valence-corrected chi connectivity index (χ0v) is 21.0. The van der Waals surface area contributed by atoms with Gasteiger partial charge < -0.3 is 9.47 Å². The van der Waals surface area contributed by atoms with Gasteiger partial charge in [0.05, 0.1) is 10.0 Å². The number of aromatic nitrogens is 2. The summed E-state index contributed by atoms with van der Waals surface area (Å²) in [4.78, 5) is 19.1. The Labute approximate surface area is 209 Å². The SMILES string of the molecule is O=C(C(CCn1ccnc1NO)NS(=O)(=O)c1c(Cl)cccc1Cl)N1CC[C@@H]2CCCC[C@H]2C1. The molecule has 4 rings (SSSR count). The number of imidazole rings is 1. The lowest BCUT2D eigenvalue weighted by Gasteiger charge is -2.42. The Morgan fingerprint density at radius 1 is 1.18 bits per heavy atom. The van der Waals surface area contributed by atoms with Crippen LogP contribution in [0.5, 0.6) is 0 Å². The fourth-order valence-corrected chi connectivity index (χ4v) is 7.48. The van der Waals surface area contributed by atoms with E-state index in [1.54, 1.807) is 21.7 Å². The number of carbonyl (C=O) groups is 1. The molecule has 1 aliphatic carbocycles. The van der Waals surface area contributed by atoms with Crippen LogP contribution in [0, 0.1) is 11.8 Å². The molecular weight excluding hydrogens is 501 g/mol. The van der Waals surface area contributed by atoms with Crippen molar-refractivity contribution >= 4 is 45.1 Å². The number of amides is 1. The number of sulfonamides is 1. The molecule has 2 aromatic rings. The Hall–Kier alpha value is -1.85. The summed E-state index contributed by atoms with van der Waals surface area (Å²) in [6.07, 6.45) is 8.92. The van der Waals surface area contributed by atoms with Gasteiger partial charge >= 0.3 is 0 Å². The number of benzene rings is 1. The molecule has 0 radical (unpaired) electrons. The van der Waals surface area contributed by atoms with Crippen molar-refractivity contribution in [1.82, 2.24) is 19.2 Å². The lowest BCUT2D eigenvalue weighted by Crippen LogP contribution is -2.53. The van der Waals surface area contributed by atoms with E-state index < -0.39 is 16.1 Å². The number of nitrogens with one attached hydrogen (secondary N) is 2. The molecule has 3 atom stereocenters. The van der Waals surface area contributed by atoms with Gasteiger partial charge in [0, 0.05) is 32.0 Å². The van der Waals surface area contributed by atoms with Gasteiger partial charge in [-0.1, -0.05) is 48.5 Å². The highest BCUT2D eigenvalue weighted by Crippen LogP contribution is 2.36. The molecule has 2 heterocycles. The molecule has 1 aromatic carbocycles. The molecule has 12 heteroatoms. The van der Waals surface area contributed by atoms with Crippen LogP contribution in [0.2, 0.25) is 10.0 Å². The monoisotopic (exact) mass is 529 g/mol. The van der Waals surface area contributed by atoms with Gasteiger partial charge in [0.2, 0.25) is 21.9 Å². The van der Waals surface area contributed by atoms with Gasteiger partial charge in [-0.2, -0.15) is 4.72 Å². The number of anilines is 1. The highest BCUT2D eigenvalue weighted by atomic mass is 35.5. The van der Waals surface area contributed by atoms with E-state index >= 15 is 0 Å². The third kappa shape index (κ3) is 5.52. The van der Waals surface area contributed by atoms with Crippen molar-refractivity contribution < 1.29 is 18.4 Å². The smallest absolute Gasteiger partial charge is 0.244 e. The summed E-state index contributed by atoms with van der Waals surface area (Å²) in [6, 6.07) is 3.41. The van der Waals surface area contributed by atoms with Crippen LogP contribution < -0.4 is 10.2 Å². The van der Waals surface area contributed by atoms with E-state index in [-0.39, 0.29) is 39.8 Å². The standard InChI is InChI=1S/C22H29Cl2N5O4S/c23-17-6-3-7-18(24)20(17)34(32,33)27-19(9-12-28-13-10-25-22(28)26-31)21(30)29-11-8-15-4-1-2-5-16(15)14-29/h3,6-7,10,13,15-16,19,27,31H,1-2,4-5,8-9,11-12,14H2,(H,25,26)/t15-,16-,19?/m0/s1. The molecule has 1 aromatic heterocycles. The molecule has 1 saturated carbocycles. The van der Waals surface area contributed by atoms with Gasteiger partial charge in [-0.25, -0.2) is 18.9 Å². The summed E-state index contributed by atoms with van der Waals surface area (Å²) in [7, 11) is -4.19. The summed E-state index contributed by atoms with van der Waals surface area (Å²) in [5.74, 6) is 1.03. The number of halogens is 2. The molecule has 34 heavy (non-hydrogen) atoms. The molecule has 1 saturated heterocycles. The predicted octanol–water partition coefficient (Wildman–Crippen LogP) is 3.77. The number of hydrogen-bond acceptors (Lipinski definition) is 6. The molecule has 3 N–H and O–H groups in total. The quantitative estimate of drug-likeness (QED) is 0.448. The molecule has 186 valence electrons. The number of aryl methyl sites for hydroxylation is 1. The van der Waals surface area contributed by atoms with Crippen molar-refractivity contribution in [2.45, 2.75) is 56.0 Å². The molecule has 2 aliphatic rings. The maximum Gasteiger partial charge on any atom is 0.244 e. The van der Waals surface area contributed by atoms with Crippen molar-refractivity contribution in [3.05, 3.63) is 40.6 Å². The first kappa shape index (κ1) is 25.2. The third-order valence-corrected chi connectivity index (χ3v) is 9.29. The number of piperidine rings is 1. The van der Waals surface area contributed by atoms with E-state index in [4.69, 9.17) is 23.2 Å². The first-order valence-corrected chi connectivity index (χ1v) is 13.7. The Morgan fingerprint density at radius 2 is 1.88 bits per heavy atom. The van der Waals surface area contributed by atoms with Crippen LogP contribution in [0.3, 0.4) is 0 Å². The van der Waals surface area contributed by atoms with Crippen LogP contribution in [0.15, 0.2) is 35.5 Å². The second-order valence-electron chi connectivity index (χ2n) is 8.95. The lowest BCUT2D eigenvalue weighted by molar-refractivity contribution is -0.136. The van der Waals surface area contributed by atoms with Gasteiger partial charge in [-0.15, -0.1) is 0 Å². The lowest BCUT2D eigenvalue weighted by atomic mass is 9.75. The number of likely N-dealkylation sites (tertiary alicyclic amines) is 1. The van der Waals surface area contributed by atoms with Gasteiger partial charge in [0.25, 0.3) is 0 Å². The first-order chi connectivity index (χ1) is 16.3. The normalized spacial score (nSPS) is 21.7. The number of hydrogen-bond donors (Lipinski definition) is 3. The van der Waals surface area contributed by atoms with E-state index in [0.29, 0.717) is 24.9 Å². The minimum atomic E-state index is -4.19. The van der Waals surface area contributed by atoms with Crippen LogP contribution >= 0.6 is 23.2 Å². The summed E-state index contributed by atoms with van der Waals surface area (Å²) < 4.78 is 30.7. The second kappa shape index (κ2) is 10.8. The maximum absolute atomic E-state index is 13.6. The molecule has 0 bridgehead atoms. The van der Waals surface area contributed by atoms with E-state index in [2.05, 4.69) is 9.71 Å². The zero-order valence-electron chi connectivity index (χ0n) is 18.7. The van der Waals surface area contributed by atoms with E-state index in [1.807, 2.05) is 5.48 Å². The number of carbonyl (C=O) groups excluding carboxylic acids is 1. The van der Waals surface area contributed by atoms with Crippen LogP contribution in [0.4, 0.5) is 5.95 Å². The summed E-state index contributed by atoms with van der Waals surface area (Å²) in [6.45, 7) is 1.50. The number of nitrogens with zero attached hydrogens (tertiary/aromatic N) is 3. The molecule has 1 unspecified atom stereocenters. The highest BCUT2D eigenvalue weighted by molar-refractivity contribution is 7.89. The Kier molecular flexibility index (Phi) is 8.04. The Balaban J connectivity index is 1.56. The van der Waals surface area contributed by atoms with Crippen LogP contribution in [-0.4, -0.2) is 53.1 Å². The fourth-order valence-electron chi connectivity index (χ4n) is 5.11.